The molecule has 0 saturated carbocycles. The Labute approximate surface area is 180 Å². The molecule has 5 rings (SSSR count). The third-order valence-electron chi connectivity index (χ3n) is 6.28. The van der Waals surface area contributed by atoms with Crippen molar-refractivity contribution in [2.45, 2.75) is 38.8 Å². The molecular weight excluding hydrogens is 394 g/mol. The third kappa shape index (κ3) is 3.52. The van der Waals surface area contributed by atoms with E-state index in [1.807, 2.05) is 60.0 Å². The van der Waals surface area contributed by atoms with E-state index >= 15 is 0 Å². The van der Waals surface area contributed by atoms with E-state index < -0.39 is 0 Å². The second-order valence-electron chi connectivity index (χ2n) is 8.27. The molecule has 1 unspecified atom stereocenters. The van der Waals surface area contributed by atoms with Crippen LogP contribution < -0.4 is 0 Å². The Morgan fingerprint density at radius 2 is 1.87 bits per heavy atom. The number of hydrogen-bond acceptors (Lipinski definition) is 5. The van der Waals surface area contributed by atoms with Crippen molar-refractivity contribution in [3.8, 4) is 0 Å². The van der Waals surface area contributed by atoms with E-state index in [4.69, 9.17) is 4.74 Å². The molecule has 0 radical (unpaired) electrons. The summed E-state index contributed by atoms with van der Waals surface area (Å²) < 4.78 is 7.33. The number of fused-ring (bicyclic) bond motifs is 1. The minimum absolute atomic E-state index is 0.0373. The third-order valence-corrected chi connectivity index (χ3v) is 6.28. The number of carbonyl (C=O) groups is 2. The van der Waals surface area contributed by atoms with Gasteiger partial charge in [-0.2, -0.15) is 5.10 Å². The number of nitrogens with zero attached hydrogens (tertiary/aromatic N) is 5. The van der Waals surface area contributed by atoms with Gasteiger partial charge in [0, 0.05) is 31.4 Å². The van der Waals surface area contributed by atoms with Crippen LogP contribution in [0.3, 0.4) is 0 Å². The molecule has 31 heavy (non-hydrogen) atoms. The summed E-state index contributed by atoms with van der Waals surface area (Å²) in [5.74, 6) is -0.0373. The van der Waals surface area contributed by atoms with Crippen LogP contribution >= 0.6 is 0 Å². The van der Waals surface area contributed by atoms with Crippen molar-refractivity contribution >= 4 is 17.6 Å². The number of carbonyl (C=O) groups excluding carboxylic acids is 2. The van der Waals surface area contributed by atoms with Crippen molar-refractivity contribution in [1.82, 2.24) is 24.4 Å². The lowest BCUT2D eigenvalue weighted by Crippen LogP contribution is -2.47. The van der Waals surface area contributed by atoms with Crippen LogP contribution in [0.5, 0.6) is 0 Å². The van der Waals surface area contributed by atoms with Gasteiger partial charge in [0.25, 0.3) is 5.91 Å². The Balaban J connectivity index is 1.25. The topological polar surface area (TPSA) is 80.0 Å². The first-order chi connectivity index (χ1) is 15.0. The lowest BCUT2D eigenvalue weighted by atomic mass is 10.0. The first-order valence-corrected chi connectivity index (χ1v) is 10.6. The molecule has 2 saturated heterocycles. The van der Waals surface area contributed by atoms with Crippen molar-refractivity contribution < 1.29 is 14.3 Å². The number of likely N-dealkylation sites (tertiary alicyclic amines) is 1. The number of rotatable bonds is 3. The van der Waals surface area contributed by atoms with E-state index in [1.54, 1.807) is 10.7 Å². The predicted molar refractivity (Wildman–Crippen MR) is 114 cm³/mol. The van der Waals surface area contributed by atoms with Crippen molar-refractivity contribution in [3.63, 3.8) is 0 Å². The van der Waals surface area contributed by atoms with Gasteiger partial charge in [0.2, 0.25) is 0 Å². The Morgan fingerprint density at radius 3 is 2.61 bits per heavy atom. The average molecular weight is 419 g/mol. The zero-order valence-corrected chi connectivity index (χ0v) is 17.7. The molecule has 3 aromatic rings. The molecule has 4 heterocycles. The average Bonchev–Trinajstić information content (AvgIpc) is 3.37. The number of benzene rings is 1. The summed E-state index contributed by atoms with van der Waals surface area (Å²) in [7, 11) is 0. The minimum Gasteiger partial charge on any atom is -0.439 e. The monoisotopic (exact) mass is 419 g/mol. The molecule has 0 bridgehead atoms. The number of ether oxygens (including phenoxy) is 1. The van der Waals surface area contributed by atoms with Gasteiger partial charge in [-0.05, 0) is 32.3 Å². The summed E-state index contributed by atoms with van der Waals surface area (Å²) in [5.41, 5.74) is 3.98. The van der Waals surface area contributed by atoms with Crippen molar-refractivity contribution in [2.75, 3.05) is 19.6 Å². The fourth-order valence-electron chi connectivity index (χ4n) is 4.54. The summed E-state index contributed by atoms with van der Waals surface area (Å²) in [4.78, 5) is 33.7. The van der Waals surface area contributed by atoms with Gasteiger partial charge in [-0.3, -0.25) is 4.79 Å². The van der Waals surface area contributed by atoms with Crippen molar-refractivity contribution in [3.05, 3.63) is 65.1 Å². The highest BCUT2D eigenvalue weighted by molar-refractivity contribution is 5.95. The van der Waals surface area contributed by atoms with Gasteiger partial charge in [-0.15, -0.1) is 0 Å². The fourth-order valence-corrected chi connectivity index (χ4v) is 4.54. The van der Waals surface area contributed by atoms with E-state index in [2.05, 4.69) is 10.1 Å². The van der Waals surface area contributed by atoms with Crippen LogP contribution in [0.15, 0.2) is 42.6 Å². The highest BCUT2D eigenvalue weighted by Crippen LogP contribution is 2.30. The summed E-state index contributed by atoms with van der Waals surface area (Å²) in [6, 6.07) is 11.8. The molecule has 2 amide bonds. The van der Waals surface area contributed by atoms with Gasteiger partial charge in [-0.1, -0.05) is 30.3 Å². The summed E-state index contributed by atoms with van der Waals surface area (Å²) >= 11 is 0. The van der Waals surface area contributed by atoms with E-state index in [0.717, 1.165) is 35.4 Å². The standard InChI is InChI=1S/C23H25N5O3/c1-15-12-21-24-13-19(16(2)28(21)25-15)22(29)26-10-8-18(9-11-26)27-14-20(31-23(27)30)17-6-4-3-5-7-17/h3-7,12-13,18,20H,8-11,14H2,1-2H3. The Morgan fingerprint density at radius 1 is 1.13 bits per heavy atom. The number of aryl methyl sites for hydroxylation is 2. The first-order valence-electron chi connectivity index (χ1n) is 10.6. The number of aromatic nitrogens is 3. The molecular formula is C23H25N5O3. The molecule has 8 heteroatoms. The van der Waals surface area contributed by atoms with Crippen LogP contribution in [0.4, 0.5) is 4.79 Å². The fraction of sp³-hybridized carbons (Fsp3) is 0.391. The number of hydrogen-bond donors (Lipinski definition) is 0. The second kappa shape index (κ2) is 7.68. The van der Waals surface area contributed by atoms with E-state index in [-0.39, 0.29) is 24.1 Å². The summed E-state index contributed by atoms with van der Waals surface area (Å²) in [6.45, 7) is 5.55. The zero-order chi connectivity index (χ0) is 21.5. The smallest absolute Gasteiger partial charge is 0.410 e. The van der Waals surface area contributed by atoms with Crippen molar-refractivity contribution in [1.29, 1.82) is 0 Å². The lowest BCUT2D eigenvalue weighted by molar-refractivity contribution is 0.0656. The predicted octanol–water partition coefficient (Wildman–Crippen LogP) is 3.14. The maximum Gasteiger partial charge on any atom is 0.410 e. The largest absolute Gasteiger partial charge is 0.439 e. The SMILES string of the molecule is Cc1cc2ncc(C(=O)N3CCC(N4CC(c5ccccc5)OC4=O)CC3)c(C)n2n1. The number of amides is 2. The molecule has 2 aliphatic heterocycles. The molecule has 1 atom stereocenters. The normalized spacial score (nSPS) is 19.8. The van der Waals surface area contributed by atoms with Gasteiger partial charge in [0.15, 0.2) is 5.65 Å². The Hall–Kier alpha value is -3.42. The molecule has 1 aromatic carbocycles. The molecule has 8 nitrogen and oxygen atoms in total. The molecule has 0 N–H and O–H groups in total. The minimum atomic E-state index is -0.266. The van der Waals surface area contributed by atoms with E-state index in [1.165, 1.54) is 0 Å². The maximum atomic E-state index is 13.1. The van der Waals surface area contributed by atoms with Gasteiger partial charge < -0.3 is 14.5 Å². The lowest BCUT2D eigenvalue weighted by Gasteiger charge is -2.35. The van der Waals surface area contributed by atoms with Crippen LogP contribution in [0.25, 0.3) is 5.65 Å². The van der Waals surface area contributed by atoms with Crippen LogP contribution in [0, 0.1) is 13.8 Å². The van der Waals surface area contributed by atoms with Gasteiger partial charge >= 0.3 is 6.09 Å². The quantitative estimate of drug-likeness (QED) is 0.652. The van der Waals surface area contributed by atoms with E-state index in [0.29, 0.717) is 25.2 Å². The molecule has 2 aromatic heterocycles. The zero-order valence-electron chi connectivity index (χ0n) is 17.7. The highest BCUT2D eigenvalue weighted by Gasteiger charge is 2.38. The van der Waals surface area contributed by atoms with Crippen LogP contribution in [0.2, 0.25) is 0 Å². The van der Waals surface area contributed by atoms with Crippen LogP contribution in [-0.4, -0.2) is 62.1 Å². The summed E-state index contributed by atoms with van der Waals surface area (Å²) in [5, 5.41) is 4.43. The molecule has 2 aliphatic rings. The molecule has 0 spiro atoms. The Kier molecular flexibility index (Phi) is 4.84. The van der Waals surface area contributed by atoms with Crippen LogP contribution in [0.1, 0.15) is 46.3 Å². The van der Waals surface area contributed by atoms with Crippen LogP contribution in [-0.2, 0) is 4.74 Å². The van der Waals surface area contributed by atoms with Gasteiger partial charge in [0.05, 0.1) is 23.5 Å². The second-order valence-corrected chi connectivity index (χ2v) is 8.27. The van der Waals surface area contributed by atoms with Crippen molar-refractivity contribution in [2.24, 2.45) is 0 Å². The maximum absolute atomic E-state index is 13.1. The first kappa shape index (κ1) is 19.5. The highest BCUT2D eigenvalue weighted by atomic mass is 16.6. The van der Waals surface area contributed by atoms with Gasteiger partial charge in [-0.25, -0.2) is 14.3 Å². The molecule has 2 fully saturated rings. The number of piperidine rings is 1. The molecule has 0 aliphatic carbocycles. The van der Waals surface area contributed by atoms with E-state index in [9.17, 15) is 9.59 Å². The molecule has 160 valence electrons. The van der Waals surface area contributed by atoms with Gasteiger partial charge in [0.1, 0.15) is 6.10 Å². The number of cyclic esters (lactones) is 1. The Bertz CT molecular complexity index is 1130. The summed E-state index contributed by atoms with van der Waals surface area (Å²) in [6.07, 6.45) is 2.61.